The van der Waals surface area contributed by atoms with E-state index in [0.29, 0.717) is 13.0 Å². The zero-order valence-electron chi connectivity index (χ0n) is 12.0. The Labute approximate surface area is 157 Å². The van der Waals surface area contributed by atoms with E-state index in [9.17, 15) is 19.5 Å². The van der Waals surface area contributed by atoms with Crippen molar-refractivity contribution < 1.29 is 70.9 Å². The quantitative estimate of drug-likeness (QED) is 0.261. The molecule has 0 spiro atoms. The molecule has 0 saturated heterocycles. The molecule has 0 heterocycles. The van der Waals surface area contributed by atoms with Crippen LogP contribution in [0, 0.1) is 0 Å². The van der Waals surface area contributed by atoms with E-state index in [-0.39, 0.29) is 57.2 Å². The first-order chi connectivity index (χ1) is 8.52. The zero-order chi connectivity index (χ0) is 13.8. The Hall–Kier alpha value is 0.246. The second-order valence-electron chi connectivity index (χ2n) is 4.47. The summed E-state index contributed by atoms with van der Waals surface area (Å²) in [5.41, 5.74) is 0. The van der Waals surface area contributed by atoms with E-state index < -0.39 is 18.3 Å². The van der Waals surface area contributed by atoms with Gasteiger partial charge in [-0.3, -0.25) is 4.79 Å². The number of carboxylic acids is 1. The number of Topliss-reactive ketones (excluding diaryl/α,β-unsaturated/α-hetero) is 1. The van der Waals surface area contributed by atoms with E-state index in [0.717, 1.165) is 38.5 Å². The van der Waals surface area contributed by atoms with Crippen LogP contribution >= 0.6 is 0 Å². The molecule has 0 aromatic carbocycles. The largest absolute Gasteiger partial charge is 1.00 e. The Morgan fingerprint density at radius 2 is 1.47 bits per heavy atom. The van der Waals surface area contributed by atoms with Gasteiger partial charge in [0.15, 0.2) is 0 Å². The summed E-state index contributed by atoms with van der Waals surface area (Å²) in [4.78, 5) is 31.7. The maximum atomic E-state index is 10.9. The summed E-state index contributed by atoms with van der Waals surface area (Å²) < 4.78 is 0. The number of carbonyl (C=O) groups excluding carboxylic acids is 3. The van der Waals surface area contributed by atoms with Crippen molar-refractivity contribution in [3.05, 3.63) is 0 Å². The van der Waals surface area contributed by atoms with E-state index in [4.69, 9.17) is 0 Å². The van der Waals surface area contributed by atoms with Gasteiger partial charge in [0.25, 0.3) is 0 Å². The maximum absolute atomic E-state index is 10.9. The zero-order valence-corrected chi connectivity index (χ0v) is 15.1. The predicted octanol–water partition coefficient (Wildman–Crippen LogP) is -2.43. The van der Waals surface area contributed by atoms with Crippen LogP contribution in [-0.4, -0.2) is 24.2 Å². The molecule has 0 aromatic rings. The Bertz CT molecular complexity index is 282. The number of ketones is 1. The third-order valence-electron chi connectivity index (χ3n) is 2.58. The molecule has 104 valence electrons. The van der Waals surface area contributed by atoms with Gasteiger partial charge in [0.2, 0.25) is 5.91 Å². The van der Waals surface area contributed by atoms with Crippen molar-refractivity contribution in [2.75, 3.05) is 6.54 Å². The second-order valence-corrected chi connectivity index (χ2v) is 4.47. The number of aliphatic carboxylic acids is 1. The summed E-state index contributed by atoms with van der Waals surface area (Å²) in [6, 6.07) is 0. The van der Waals surface area contributed by atoms with Crippen molar-refractivity contribution in [3.8, 4) is 0 Å². The number of hydrogen-bond donors (Lipinski definition) is 1. The molecule has 0 aliphatic rings. The molecule has 0 aromatic heterocycles. The Kier molecular flexibility index (Phi) is 16.6. The summed E-state index contributed by atoms with van der Waals surface area (Å²) in [5.74, 6) is -1.60. The van der Waals surface area contributed by atoms with E-state index in [1.807, 2.05) is 0 Å². The van der Waals surface area contributed by atoms with E-state index >= 15 is 0 Å². The molecular formula is C13H22KNO4. The topological polar surface area (TPSA) is 86.3 Å². The van der Waals surface area contributed by atoms with Crippen LogP contribution in [0.5, 0.6) is 0 Å². The molecule has 1 amide bonds. The van der Waals surface area contributed by atoms with Crippen LogP contribution in [0.1, 0.15) is 58.3 Å². The van der Waals surface area contributed by atoms with Crippen LogP contribution in [-0.2, 0) is 14.4 Å². The molecule has 6 heteroatoms. The summed E-state index contributed by atoms with van der Waals surface area (Å²) in [6.45, 7) is 2.12. The monoisotopic (exact) mass is 295 g/mol. The molecule has 0 aliphatic heterocycles. The molecular weight excluding hydrogens is 273 g/mol. The van der Waals surface area contributed by atoms with Crippen LogP contribution in [0.4, 0.5) is 0 Å². The fraction of sp³-hybridized carbons (Fsp3) is 0.769. The second kappa shape index (κ2) is 14.7. The minimum Gasteiger partial charge on any atom is -0.550 e. The van der Waals surface area contributed by atoms with Gasteiger partial charge >= 0.3 is 51.4 Å². The van der Waals surface area contributed by atoms with E-state index in [2.05, 4.69) is 5.32 Å². The first-order valence-electron chi connectivity index (χ1n) is 6.48. The van der Waals surface area contributed by atoms with Crippen LogP contribution in [0.25, 0.3) is 0 Å². The number of unbranched alkanes of at least 4 members (excludes halogenated alkanes) is 5. The third-order valence-corrected chi connectivity index (χ3v) is 2.58. The van der Waals surface area contributed by atoms with Gasteiger partial charge in [0.1, 0.15) is 5.78 Å². The van der Waals surface area contributed by atoms with Gasteiger partial charge in [0, 0.05) is 13.0 Å². The number of carboxylic acid groups (broad SMARTS) is 1. The molecule has 0 bridgehead atoms. The normalized spacial score (nSPS) is 9.53. The molecule has 0 radical (unpaired) electrons. The fourth-order valence-corrected chi connectivity index (χ4v) is 1.63. The van der Waals surface area contributed by atoms with Crippen molar-refractivity contribution >= 4 is 17.7 Å². The van der Waals surface area contributed by atoms with E-state index in [1.54, 1.807) is 6.92 Å². The van der Waals surface area contributed by atoms with Gasteiger partial charge in [-0.15, -0.1) is 0 Å². The minimum absolute atomic E-state index is 0. The van der Waals surface area contributed by atoms with Crippen molar-refractivity contribution in [2.24, 2.45) is 0 Å². The Balaban J connectivity index is 0. The van der Waals surface area contributed by atoms with Crippen LogP contribution < -0.4 is 61.8 Å². The molecule has 5 nitrogen and oxygen atoms in total. The molecule has 1 N–H and O–H groups in total. The van der Waals surface area contributed by atoms with Crippen molar-refractivity contribution in [1.82, 2.24) is 5.32 Å². The first-order valence-corrected chi connectivity index (χ1v) is 6.48. The maximum Gasteiger partial charge on any atom is 1.00 e. The van der Waals surface area contributed by atoms with E-state index in [1.165, 1.54) is 0 Å². The Morgan fingerprint density at radius 1 is 0.947 bits per heavy atom. The summed E-state index contributed by atoms with van der Waals surface area (Å²) in [6.07, 6.45) is 6.16. The van der Waals surface area contributed by atoms with Gasteiger partial charge in [-0.25, -0.2) is 0 Å². The fourth-order valence-electron chi connectivity index (χ4n) is 1.63. The Morgan fingerprint density at radius 3 is 2.00 bits per heavy atom. The van der Waals surface area contributed by atoms with Gasteiger partial charge in [0.05, 0.1) is 12.4 Å². The number of amides is 1. The minimum atomic E-state index is -1.35. The van der Waals surface area contributed by atoms with Gasteiger partial charge < -0.3 is 20.0 Å². The molecule has 0 atom stereocenters. The smallest absolute Gasteiger partial charge is 0.550 e. The van der Waals surface area contributed by atoms with Crippen LogP contribution in [0.2, 0.25) is 0 Å². The average molecular weight is 295 g/mol. The van der Waals surface area contributed by atoms with Crippen LogP contribution in [0.15, 0.2) is 0 Å². The van der Waals surface area contributed by atoms with Gasteiger partial charge in [-0.2, -0.15) is 0 Å². The molecule has 0 fully saturated rings. The summed E-state index contributed by atoms with van der Waals surface area (Å²) >= 11 is 0. The number of nitrogens with one attached hydrogen (secondary N) is 1. The first kappa shape index (κ1) is 21.5. The molecule has 19 heavy (non-hydrogen) atoms. The molecule has 0 aliphatic carbocycles. The van der Waals surface area contributed by atoms with Gasteiger partial charge in [-0.1, -0.05) is 25.7 Å². The van der Waals surface area contributed by atoms with Crippen molar-refractivity contribution in [2.45, 2.75) is 58.3 Å². The van der Waals surface area contributed by atoms with Gasteiger partial charge in [-0.05, 0) is 19.8 Å². The number of rotatable bonds is 11. The molecule has 0 saturated carbocycles. The average Bonchev–Trinajstić information content (AvgIpc) is 2.25. The number of hydrogen-bond acceptors (Lipinski definition) is 4. The molecule has 0 unspecified atom stereocenters. The predicted molar refractivity (Wildman–Crippen MR) is 65.6 cm³/mol. The summed E-state index contributed by atoms with van der Waals surface area (Å²) in [7, 11) is 0. The summed E-state index contributed by atoms with van der Waals surface area (Å²) in [5, 5.41) is 12.6. The standard InChI is InChI=1S/C13H23NO4.K/c1-11(15)8-6-4-2-3-5-7-9-14-12(16)10-13(17)18;/h2-10H2,1H3,(H,14,16)(H,17,18);/q;+1/p-1. The van der Waals surface area contributed by atoms with Crippen molar-refractivity contribution in [1.29, 1.82) is 0 Å². The molecule has 0 rings (SSSR count). The SMILES string of the molecule is CC(=O)CCCCCCCCNC(=O)CC(=O)[O-].[K+]. The third kappa shape index (κ3) is 18.2. The van der Waals surface area contributed by atoms with Crippen LogP contribution in [0.3, 0.4) is 0 Å². The number of carbonyl (C=O) groups is 3. The van der Waals surface area contributed by atoms with Crippen molar-refractivity contribution in [3.63, 3.8) is 0 Å².